The number of hydrogen-bond acceptors (Lipinski definition) is 4. The van der Waals surface area contributed by atoms with Crippen LogP contribution in [0.3, 0.4) is 0 Å². The van der Waals surface area contributed by atoms with Gasteiger partial charge in [0.25, 0.3) is 5.91 Å². The summed E-state index contributed by atoms with van der Waals surface area (Å²) in [4.78, 5) is 16.8. The van der Waals surface area contributed by atoms with Gasteiger partial charge in [0.2, 0.25) is 0 Å². The molecule has 2 aromatic carbocycles. The molecule has 1 aromatic heterocycles. The Balaban J connectivity index is 1.79. The van der Waals surface area contributed by atoms with Crippen molar-refractivity contribution in [3.8, 4) is 6.07 Å². The number of nitrogens with one attached hydrogen (secondary N) is 2. The number of benzene rings is 2. The number of para-hydroxylation sites is 1. The van der Waals surface area contributed by atoms with Gasteiger partial charge in [-0.3, -0.25) is 9.78 Å². The fraction of sp³-hybridized carbons (Fsp3) is 0.136. The lowest BCUT2D eigenvalue weighted by atomic mass is 10.0. The predicted octanol–water partition coefficient (Wildman–Crippen LogP) is 5.07. The molecule has 0 bridgehead atoms. The highest BCUT2D eigenvalue weighted by Crippen LogP contribution is 2.24. The van der Waals surface area contributed by atoms with E-state index in [-0.39, 0.29) is 5.91 Å². The minimum absolute atomic E-state index is 0.218. The van der Waals surface area contributed by atoms with Crippen LogP contribution in [0.15, 0.2) is 67.0 Å². The fourth-order valence-electron chi connectivity index (χ4n) is 2.77. The molecule has 5 nitrogen and oxygen atoms in total. The van der Waals surface area contributed by atoms with Crippen LogP contribution >= 0.6 is 0 Å². The highest BCUT2D eigenvalue weighted by Gasteiger charge is 2.12. The Morgan fingerprint density at radius 2 is 1.85 bits per heavy atom. The van der Waals surface area contributed by atoms with Crippen molar-refractivity contribution in [1.29, 1.82) is 5.26 Å². The van der Waals surface area contributed by atoms with E-state index in [9.17, 15) is 4.79 Å². The van der Waals surface area contributed by atoms with Crippen LogP contribution in [0.5, 0.6) is 0 Å². The lowest BCUT2D eigenvalue weighted by Gasteiger charge is -2.14. The molecule has 3 rings (SSSR count). The number of nitriles is 1. The highest BCUT2D eigenvalue weighted by molar-refractivity contribution is 6.05. The summed E-state index contributed by atoms with van der Waals surface area (Å²) in [5, 5.41) is 15.1. The summed E-state index contributed by atoms with van der Waals surface area (Å²) in [5.74, 6) is 0.0880. The first-order valence-electron chi connectivity index (χ1n) is 8.69. The molecular weight excluding hydrogens is 336 g/mol. The topological polar surface area (TPSA) is 77.8 Å². The lowest BCUT2D eigenvalue weighted by molar-refractivity contribution is 0.102. The Morgan fingerprint density at radius 3 is 2.63 bits per heavy atom. The Bertz CT molecular complexity index is 1000. The van der Waals surface area contributed by atoms with Gasteiger partial charge in [0.15, 0.2) is 0 Å². The van der Waals surface area contributed by atoms with Crippen LogP contribution in [0.4, 0.5) is 17.1 Å². The third-order valence-corrected chi connectivity index (χ3v) is 4.11. The summed E-state index contributed by atoms with van der Waals surface area (Å²) in [6, 6.07) is 18.7. The molecule has 0 radical (unpaired) electrons. The molecule has 0 atom stereocenters. The molecule has 3 aromatic rings. The number of pyridine rings is 1. The van der Waals surface area contributed by atoms with Gasteiger partial charge < -0.3 is 10.6 Å². The van der Waals surface area contributed by atoms with Gasteiger partial charge in [0.1, 0.15) is 0 Å². The quantitative estimate of drug-likeness (QED) is 0.669. The van der Waals surface area contributed by atoms with Gasteiger partial charge in [0.05, 0.1) is 29.1 Å². The second kappa shape index (κ2) is 8.15. The van der Waals surface area contributed by atoms with E-state index >= 15 is 0 Å². The lowest BCUT2D eigenvalue weighted by Crippen LogP contribution is -2.14. The number of hydrogen-bond donors (Lipinski definition) is 2. The number of carbonyl (C=O) groups is 1. The molecule has 0 aliphatic rings. The third-order valence-electron chi connectivity index (χ3n) is 4.11. The average molecular weight is 356 g/mol. The molecule has 0 spiro atoms. The van der Waals surface area contributed by atoms with Crippen molar-refractivity contribution in [2.45, 2.75) is 19.8 Å². The first-order valence-corrected chi connectivity index (χ1v) is 8.69. The zero-order valence-corrected chi connectivity index (χ0v) is 15.2. The highest BCUT2D eigenvalue weighted by atomic mass is 16.1. The van der Waals surface area contributed by atoms with Gasteiger partial charge in [0, 0.05) is 17.6 Å². The zero-order valence-electron chi connectivity index (χ0n) is 15.2. The van der Waals surface area contributed by atoms with E-state index in [1.165, 1.54) is 6.20 Å². The first-order chi connectivity index (χ1) is 13.1. The van der Waals surface area contributed by atoms with Crippen LogP contribution in [-0.4, -0.2) is 10.9 Å². The van der Waals surface area contributed by atoms with Crippen molar-refractivity contribution in [3.05, 3.63) is 83.7 Å². The van der Waals surface area contributed by atoms with Gasteiger partial charge in [-0.1, -0.05) is 38.1 Å². The molecule has 5 heteroatoms. The van der Waals surface area contributed by atoms with Crippen LogP contribution in [0.1, 0.15) is 41.3 Å². The van der Waals surface area contributed by atoms with Crippen molar-refractivity contribution < 1.29 is 4.79 Å². The zero-order chi connectivity index (χ0) is 19.2. The second-order valence-corrected chi connectivity index (χ2v) is 6.48. The number of aromatic nitrogens is 1. The van der Waals surface area contributed by atoms with E-state index in [4.69, 9.17) is 5.26 Å². The Kier molecular flexibility index (Phi) is 5.48. The van der Waals surface area contributed by atoms with Crippen molar-refractivity contribution in [2.24, 2.45) is 0 Å². The van der Waals surface area contributed by atoms with E-state index in [1.807, 2.05) is 30.3 Å². The smallest absolute Gasteiger partial charge is 0.257 e. The van der Waals surface area contributed by atoms with Gasteiger partial charge in [-0.2, -0.15) is 5.26 Å². The van der Waals surface area contributed by atoms with Crippen molar-refractivity contribution in [2.75, 3.05) is 10.6 Å². The molecule has 27 heavy (non-hydrogen) atoms. The summed E-state index contributed by atoms with van der Waals surface area (Å²) >= 11 is 0. The SMILES string of the molecule is CC(C)c1ccccc1NC(=O)c1cncc(Nc2cccc(C#N)c2)c1. The Hall–Kier alpha value is -3.65. The summed E-state index contributed by atoms with van der Waals surface area (Å²) in [5.41, 5.74) is 4.34. The molecule has 0 unspecified atom stereocenters. The first kappa shape index (κ1) is 18.2. The maximum absolute atomic E-state index is 12.7. The number of anilines is 3. The molecule has 1 heterocycles. The standard InChI is InChI=1S/C22H20N4O/c1-15(2)20-8-3-4-9-21(20)26-22(27)17-11-19(14-24-13-17)25-18-7-5-6-16(10-18)12-23/h3-11,13-15,25H,1-2H3,(H,26,27). The van der Waals surface area contributed by atoms with Crippen molar-refractivity contribution in [1.82, 2.24) is 4.98 Å². The predicted molar refractivity (Wildman–Crippen MR) is 107 cm³/mol. The van der Waals surface area contributed by atoms with Crippen LogP contribution in [0.25, 0.3) is 0 Å². The van der Waals surface area contributed by atoms with Crippen molar-refractivity contribution >= 4 is 23.0 Å². The van der Waals surface area contributed by atoms with E-state index in [0.717, 1.165) is 16.9 Å². The maximum atomic E-state index is 12.7. The minimum Gasteiger partial charge on any atom is -0.354 e. The number of rotatable bonds is 5. The molecule has 0 aliphatic heterocycles. The maximum Gasteiger partial charge on any atom is 0.257 e. The average Bonchev–Trinajstić information content (AvgIpc) is 2.68. The molecule has 0 saturated heterocycles. The minimum atomic E-state index is -0.218. The largest absolute Gasteiger partial charge is 0.354 e. The monoisotopic (exact) mass is 356 g/mol. The van der Waals surface area contributed by atoms with Crippen molar-refractivity contribution in [3.63, 3.8) is 0 Å². The van der Waals surface area contributed by atoms with E-state index in [0.29, 0.717) is 22.7 Å². The van der Waals surface area contributed by atoms with E-state index in [2.05, 4.69) is 35.5 Å². The second-order valence-electron chi connectivity index (χ2n) is 6.48. The van der Waals surface area contributed by atoms with Crippen LogP contribution in [0, 0.1) is 11.3 Å². The molecule has 1 amide bonds. The molecule has 0 saturated carbocycles. The van der Waals surface area contributed by atoms with Crippen LogP contribution in [0.2, 0.25) is 0 Å². The number of nitrogens with zero attached hydrogens (tertiary/aromatic N) is 2. The summed E-state index contributed by atoms with van der Waals surface area (Å²) in [6.07, 6.45) is 3.17. The van der Waals surface area contributed by atoms with Crippen LogP contribution < -0.4 is 10.6 Å². The Labute approximate surface area is 158 Å². The molecular formula is C22H20N4O. The summed E-state index contributed by atoms with van der Waals surface area (Å²) in [6.45, 7) is 4.18. The Morgan fingerprint density at radius 1 is 1.04 bits per heavy atom. The molecule has 134 valence electrons. The molecule has 0 fully saturated rings. The fourth-order valence-corrected chi connectivity index (χ4v) is 2.77. The third kappa shape index (κ3) is 4.50. The normalized spacial score (nSPS) is 10.3. The molecule has 0 aliphatic carbocycles. The number of carbonyl (C=O) groups excluding carboxylic acids is 1. The van der Waals surface area contributed by atoms with Gasteiger partial charge in [-0.05, 0) is 41.8 Å². The number of amides is 1. The van der Waals surface area contributed by atoms with Gasteiger partial charge in [-0.25, -0.2) is 0 Å². The van der Waals surface area contributed by atoms with E-state index < -0.39 is 0 Å². The van der Waals surface area contributed by atoms with Crippen LogP contribution in [-0.2, 0) is 0 Å². The molecule has 2 N–H and O–H groups in total. The van der Waals surface area contributed by atoms with Gasteiger partial charge >= 0.3 is 0 Å². The van der Waals surface area contributed by atoms with Gasteiger partial charge in [-0.15, -0.1) is 0 Å². The summed E-state index contributed by atoms with van der Waals surface area (Å²) in [7, 11) is 0. The van der Waals surface area contributed by atoms with E-state index in [1.54, 1.807) is 30.5 Å². The summed E-state index contributed by atoms with van der Waals surface area (Å²) < 4.78 is 0.